The summed E-state index contributed by atoms with van der Waals surface area (Å²) in [5.74, 6) is -0.000972. The zero-order valence-electron chi connectivity index (χ0n) is 11.4. The van der Waals surface area contributed by atoms with Crippen LogP contribution in [0.25, 0.3) is 0 Å². The summed E-state index contributed by atoms with van der Waals surface area (Å²) in [6, 6.07) is 9.07. The second kappa shape index (κ2) is 6.04. The van der Waals surface area contributed by atoms with E-state index in [0.717, 1.165) is 24.2 Å². The first kappa shape index (κ1) is 14.4. The first-order chi connectivity index (χ1) is 10.2. The SMILES string of the molecule is O=C(Cc1c(Cl)cccc1Cl)N1CCCc2ncccc21. The van der Waals surface area contributed by atoms with Gasteiger partial charge in [-0.15, -0.1) is 0 Å². The third-order valence-corrected chi connectivity index (χ3v) is 4.35. The molecule has 0 saturated heterocycles. The fourth-order valence-electron chi connectivity index (χ4n) is 2.60. The molecule has 0 spiro atoms. The van der Waals surface area contributed by atoms with Crippen LogP contribution in [0, 0.1) is 0 Å². The van der Waals surface area contributed by atoms with E-state index in [1.54, 1.807) is 29.3 Å². The molecule has 0 unspecified atom stereocenters. The van der Waals surface area contributed by atoms with Crippen LogP contribution in [0.4, 0.5) is 5.69 Å². The Bertz CT molecular complexity index is 667. The van der Waals surface area contributed by atoms with Crippen LogP contribution in [-0.4, -0.2) is 17.4 Å². The van der Waals surface area contributed by atoms with Gasteiger partial charge in [0.25, 0.3) is 0 Å². The van der Waals surface area contributed by atoms with Gasteiger partial charge < -0.3 is 4.90 Å². The molecule has 108 valence electrons. The lowest BCUT2D eigenvalue weighted by Gasteiger charge is -2.29. The highest BCUT2D eigenvalue weighted by Crippen LogP contribution is 2.28. The Morgan fingerprint density at radius 1 is 1.19 bits per heavy atom. The molecule has 0 bridgehead atoms. The van der Waals surface area contributed by atoms with E-state index in [0.29, 0.717) is 22.2 Å². The number of hydrogen-bond donors (Lipinski definition) is 0. The summed E-state index contributed by atoms with van der Waals surface area (Å²) in [4.78, 5) is 18.7. The molecule has 0 saturated carbocycles. The highest BCUT2D eigenvalue weighted by atomic mass is 35.5. The largest absolute Gasteiger partial charge is 0.310 e. The molecule has 1 aliphatic rings. The molecule has 1 aromatic heterocycles. The van der Waals surface area contributed by atoms with Crippen molar-refractivity contribution in [2.45, 2.75) is 19.3 Å². The van der Waals surface area contributed by atoms with Gasteiger partial charge in [-0.25, -0.2) is 0 Å². The number of hydrogen-bond acceptors (Lipinski definition) is 2. The smallest absolute Gasteiger partial charge is 0.231 e. The number of halogens is 2. The lowest BCUT2D eigenvalue weighted by Crippen LogP contribution is -2.36. The molecule has 0 aliphatic carbocycles. The van der Waals surface area contributed by atoms with Crippen LogP contribution in [0.1, 0.15) is 17.7 Å². The number of anilines is 1. The minimum absolute atomic E-state index is 0.000972. The van der Waals surface area contributed by atoms with Gasteiger partial charge in [-0.3, -0.25) is 9.78 Å². The molecule has 0 radical (unpaired) electrons. The highest BCUT2D eigenvalue weighted by Gasteiger charge is 2.24. The van der Waals surface area contributed by atoms with Crippen molar-refractivity contribution in [1.82, 2.24) is 4.98 Å². The van der Waals surface area contributed by atoms with Crippen LogP contribution in [-0.2, 0) is 17.6 Å². The minimum atomic E-state index is -0.000972. The second-order valence-electron chi connectivity index (χ2n) is 5.00. The monoisotopic (exact) mass is 320 g/mol. The number of carbonyl (C=O) groups is 1. The lowest BCUT2D eigenvalue weighted by atomic mass is 10.1. The number of benzene rings is 1. The molecule has 21 heavy (non-hydrogen) atoms. The maximum absolute atomic E-state index is 12.6. The van der Waals surface area contributed by atoms with Crippen LogP contribution in [0.2, 0.25) is 10.0 Å². The quantitative estimate of drug-likeness (QED) is 0.840. The molecule has 3 rings (SSSR count). The standard InChI is InChI=1S/C16H14Cl2N2O/c17-12-4-1-5-13(18)11(12)10-16(21)20-9-3-6-14-15(20)7-2-8-19-14/h1-2,4-5,7-8H,3,6,9-10H2. The van der Waals surface area contributed by atoms with Gasteiger partial charge in [-0.05, 0) is 42.7 Å². The summed E-state index contributed by atoms with van der Waals surface area (Å²) in [6.45, 7) is 0.708. The Morgan fingerprint density at radius 3 is 2.71 bits per heavy atom. The summed E-state index contributed by atoms with van der Waals surface area (Å²) in [7, 11) is 0. The number of carbonyl (C=O) groups excluding carboxylic acids is 1. The van der Waals surface area contributed by atoms with E-state index >= 15 is 0 Å². The molecule has 1 amide bonds. The molecular formula is C16H14Cl2N2O. The molecule has 0 atom stereocenters. The topological polar surface area (TPSA) is 33.2 Å². The van der Waals surface area contributed by atoms with Gasteiger partial charge in [0.1, 0.15) is 0 Å². The molecule has 1 aliphatic heterocycles. The zero-order valence-corrected chi connectivity index (χ0v) is 12.9. The molecule has 0 N–H and O–H groups in total. The predicted octanol–water partition coefficient (Wildman–Crippen LogP) is 3.91. The molecule has 0 fully saturated rings. The van der Waals surface area contributed by atoms with Crippen molar-refractivity contribution in [3.8, 4) is 0 Å². The van der Waals surface area contributed by atoms with E-state index in [1.807, 2.05) is 12.1 Å². The third-order valence-electron chi connectivity index (χ3n) is 3.64. The van der Waals surface area contributed by atoms with E-state index in [4.69, 9.17) is 23.2 Å². The Balaban J connectivity index is 1.87. The van der Waals surface area contributed by atoms with Crippen molar-refractivity contribution in [1.29, 1.82) is 0 Å². The van der Waals surface area contributed by atoms with E-state index in [1.165, 1.54) is 0 Å². The van der Waals surface area contributed by atoms with Gasteiger partial charge in [-0.1, -0.05) is 29.3 Å². The molecule has 2 aromatic rings. The van der Waals surface area contributed by atoms with Gasteiger partial charge in [-0.2, -0.15) is 0 Å². The molecule has 3 nitrogen and oxygen atoms in total. The maximum Gasteiger partial charge on any atom is 0.231 e. The molecule has 5 heteroatoms. The van der Waals surface area contributed by atoms with E-state index in [9.17, 15) is 4.79 Å². The lowest BCUT2D eigenvalue weighted by molar-refractivity contribution is -0.118. The van der Waals surface area contributed by atoms with Crippen molar-refractivity contribution < 1.29 is 4.79 Å². The summed E-state index contributed by atoms with van der Waals surface area (Å²) >= 11 is 12.3. The van der Waals surface area contributed by atoms with Gasteiger partial charge in [0.15, 0.2) is 0 Å². The summed E-state index contributed by atoms with van der Waals surface area (Å²) < 4.78 is 0. The van der Waals surface area contributed by atoms with Crippen LogP contribution >= 0.6 is 23.2 Å². The minimum Gasteiger partial charge on any atom is -0.310 e. The number of nitrogens with zero attached hydrogens (tertiary/aromatic N) is 2. The normalized spacial score (nSPS) is 13.9. The van der Waals surface area contributed by atoms with E-state index in [2.05, 4.69) is 4.98 Å². The average Bonchev–Trinajstić information content (AvgIpc) is 2.50. The number of aromatic nitrogens is 1. The third kappa shape index (κ3) is 2.89. The number of fused-ring (bicyclic) bond motifs is 1. The molecule has 2 heterocycles. The zero-order chi connectivity index (χ0) is 14.8. The first-order valence-corrected chi connectivity index (χ1v) is 7.59. The highest BCUT2D eigenvalue weighted by molar-refractivity contribution is 6.36. The summed E-state index contributed by atoms with van der Waals surface area (Å²) in [5, 5.41) is 1.05. The fraction of sp³-hybridized carbons (Fsp3) is 0.250. The second-order valence-corrected chi connectivity index (χ2v) is 5.81. The van der Waals surface area contributed by atoms with Gasteiger partial charge in [0, 0.05) is 22.8 Å². The first-order valence-electron chi connectivity index (χ1n) is 6.84. The Hall–Kier alpha value is -1.58. The van der Waals surface area contributed by atoms with Gasteiger partial charge in [0.2, 0.25) is 5.91 Å². The van der Waals surface area contributed by atoms with Crippen LogP contribution in [0.3, 0.4) is 0 Å². The van der Waals surface area contributed by atoms with Crippen molar-refractivity contribution in [2.24, 2.45) is 0 Å². The summed E-state index contributed by atoms with van der Waals surface area (Å²) in [6.07, 6.45) is 3.80. The Morgan fingerprint density at radius 2 is 1.95 bits per heavy atom. The van der Waals surface area contributed by atoms with Crippen molar-refractivity contribution in [2.75, 3.05) is 11.4 Å². The van der Waals surface area contributed by atoms with Gasteiger partial charge in [0.05, 0.1) is 17.8 Å². The van der Waals surface area contributed by atoms with E-state index in [-0.39, 0.29) is 12.3 Å². The van der Waals surface area contributed by atoms with E-state index < -0.39 is 0 Å². The average molecular weight is 321 g/mol. The summed E-state index contributed by atoms with van der Waals surface area (Å²) in [5.41, 5.74) is 2.56. The van der Waals surface area contributed by atoms with Gasteiger partial charge >= 0.3 is 0 Å². The van der Waals surface area contributed by atoms with Crippen molar-refractivity contribution in [3.05, 3.63) is 57.8 Å². The Kier molecular flexibility index (Phi) is 4.13. The fourth-order valence-corrected chi connectivity index (χ4v) is 3.13. The van der Waals surface area contributed by atoms with Crippen molar-refractivity contribution >= 4 is 34.8 Å². The number of pyridine rings is 1. The van der Waals surface area contributed by atoms with Crippen molar-refractivity contribution in [3.63, 3.8) is 0 Å². The predicted molar refractivity (Wildman–Crippen MR) is 85.1 cm³/mol. The molecule has 1 aromatic carbocycles. The number of rotatable bonds is 2. The molecular weight excluding hydrogens is 307 g/mol. The van der Waals surface area contributed by atoms with Crippen LogP contribution in [0.15, 0.2) is 36.5 Å². The maximum atomic E-state index is 12.6. The number of aryl methyl sites for hydroxylation is 1. The van der Waals surface area contributed by atoms with Crippen LogP contribution < -0.4 is 4.90 Å². The Labute approximate surface area is 133 Å². The van der Waals surface area contributed by atoms with Crippen LogP contribution in [0.5, 0.6) is 0 Å². The number of amides is 1.